The van der Waals surface area contributed by atoms with Crippen LogP contribution in [0.25, 0.3) is 0 Å². The first-order chi connectivity index (χ1) is 12.8. The maximum absolute atomic E-state index is 11.6. The van der Waals surface area contributed by atoms with Gasteiger partial charge in [-0.15, -0.1) is 0 Å². The first kappa shape index (κ1) is 20.4. The molecule has 2 rings (SSSR count). The van der Waals surface area contributed by atoms with Gasteiger partial charge in [0.05, 0.1) is 6.21 Å². The van der Waals surface area contributed by atoms with Crippen LogP contribution in [-0.2, 0) is 9.53 Å². The lowest BCUT2D eigenvalue weighted by molar-refractivity contribution is -0.157. The summed E-state index contributed by atoms with van der Waals surface area (Å²) in [6.45, 7) is 5.31. The zero-order valence-electron chi connectivity index (χ0n) is 15.6. The Morgan fingerprint density at radius 2 is 1.78 bits per heavy atom. The Labute approximate surface area is 164 Å². The number of hydrogen-bond donors (Lipinski definition) is 2. The molecule has 0 amide bonds. The van der Waals surface area contributed by atoms with Crippen LogP contribution >= 0.6 is 12.2 Å². The zero-order valence-corrected chi connectivity index (χ0v) is 16.4. The van der Waals surface area contributed by atoms with Crippen molar-refractivity contribution in [2.24, 2.45) is 5.10 Å². The van der Waals surface area contributed by atoms with Crippen molar-refractivity contribution in [1.29, 1.82) is 0 Å². The second-order valence-corrected chi connectivity index (χ2v) is 7.04. The van der Waals surface area contributed by atoms with Gasteiger partial charge in [0.2, 0.25) is 0 Å². The fourth-order valence-electron chi connectivity index (χ4n) is 2.01. The number of carbonyl (C=O) groups excluding carboxylic acids is 1. The Kier molecular flexibility index (Phi) is 7.31. The van der Waals surface area contributed by atoms with Gasteiger partial charge >= 0.3 is 5.97 Å². The molecule has 0 atom stereocenters. The van der Waals surface area contributed by atoms with Crippen molar-refractivity contribution in [2.45, 2.75) is 26.4 Å². The molecular weight excluding hydrogens is 362 g/mol. The van der Waals surface area contributed by atoms with Crippen molar-refractivity contribution in [3.8, 4) is 5.75 Å². The molecule has 2 aromatic carbocycles. The summed E-state index contributed by atoms with van der Waals surface area (Å²) in [4.78, 5) is 11.6. The molecule has 0 radical (unpaired) electrons. The first-order valence-corrected chi connectivity index (χ1v) is 8.82. The average Bonchev–Trinajstić information content (AvgIpc) is 2.60. The molecule has 0 aromatic heterocycles. The maximum Gasteiger partial charge on any atom is 0.344 e. The molecule has 0 unspecified atom stereocenters. The molecular formula is C20H23N3O3S. The van der Waals surface area contributed by atoms with E-state index in [1.807, 2.05) is 63.2 Å². The van der Waals surface area contributed by atoms with Crippen LogP contribution in [0.15, 0.2) is 59.7 Å². The Morgan fingerprint density at radius 1 is 1.11 bits per heavy atom. The van der Waals surface area contributed by atoms with Crippen LogP contribution in [0, 0.1) is 0 Å². The van der Waals surface area contributed by atoms with E-state index in [0.29, 0.717) is 10.9 Å². The van der Waals surface area contributed by atoms with Gasteiger partial charge in [0, 0.05) is 5.69 Å². The number of hydrogen-bond acceptors (Lipinski definition) is 5. The van der Waals surface area contributed by atoms with Crippen LogP contribution in [-0.4, -0.2) is 29.5 Å². The van der Waals surface area contributed by atoms with Crippen molar-refractivity contribution in [3.05, 3.63) is 60.2 Å². The average molecular weight is 385 g/mol. The quantitative estimate of drug-likeness (QED) is 0.342. The lowest BCUT2D eigenvalue weighted by Gasteiger charge is -2.19. The van der Waals surface area contributed by atoms with Gasteiger partial charge in [-0.1, -0.05) is 18.2 Å². The molecule has 6 nitrogen and oxygen atoms in total. The molecule has 7 heteroatoms. The molecule has 0 spiro atoms. The third-order valence-electron chi connectivity index (χ3n) is 3.07. The summed E-state index contributed by atoms with van der Waals surface area (Å²) >= 11 is 5.17. The molecule has 2 aromatic rings. The number of ether oxygens (including phenoxy) is 2. The second-order valence-electron chi connectivity index (χ2n) is 6.63. The molecule has 0 aliphatic heterocycles. The van der Waals surface area contributed by atoms with E-state index in [4.69, 9.17) is 21.7 Å². The standard InChI is InChI=1S/C20H23N3O3S/c1-20(2,3)26-18(24)14-25-17-11-9-15(10-12-17)13-21-23-19(27)22-16-7-5-4-6-8-16/h4-13H,14H2,1-3H3,(H2,22,23,27). The van der Waals surface area contributed by atoms with E-state index in [-0.39, 0.29) is 6.61 Å². The molecule has 142 valence electrons. The summed E-state index contributed by atoms with van der Waals surface area (Å²) in [6, 6.07) is 16.7. The SMILES string of the molecule is CC(C)(C)OC(=O)COc1ccc(C=NNC(=S)Nc2ccccc2)cc1. The highest BCUT2D eigenvalue weighted by Crippen LogP contribution is 2.12. The van der Waals surface area contributed by atoms with Gasteiger partial charge in [0.25, 0.3) is 0 Å². The fourth-order valence-corrected chi connectivity index (χ4v) is 2.18. The minimum atomic E-state index is -0.524. The van der Waals surface area contributed by atoms with Gasteiger partial charge in [-0.25, -0.2) is 4.79 Å². The lowest BCUT2D eigenvalue weighted by atomic mass is 10.2. The number of nitrogens with zero attached hydrogens (tertiary/aromatic N) is 1. The number of carbonyl (C=O) groups is 1. The van der Waals surface area contributed by atoms with E-state index >= 15 is 0 Å². The smallest absolute Gasteiger partial charge is 0.344 e. The van der Waals surface area contributed by atoms with Crippen molar-refractivity contribution >= 4 is 35.2 Å². The molecule has 0 fully saturated rings. The Balaban J connectivity index is 1.77. The van der Waals surface area contributed by atoms with Crippen LogP contribution in [0.1, 0.15) is 26.3 Å². The maximum atomic E-state index is 11.6. The summed E-state index contributed by atoms with van der Waals surface area (Å²) in [6.07, 6.45) is 1.64. The van der Waals surface area contributed by atoms with Crippen LogP contribution in [0.2, 0.25) is 0 Å². The van der Waals surface area contributed by atoms with Gasteiger partial charge in [-0.2, -0.15) is 5.10 Å². The minimum Gasteiger partial charge on any atom is -0.482 e. The number of anilines is 1. The fraction of sp³-hybridized carbons (Fsp3) is 0.250. The number of rotatable bonds is 6. The van der Waals surface area contributed by atoms with E-state index in [1.54, 1.807) is 18.3 Å². The van der Waals surface area contributed by atoms with Crippen molar-refractivity contribution < 1.29 is 14.3 Å². The minimum absolute atomic E-state index is 0.133. The summed E-state index contributed by atoms with van der Waals surface area (Å²) < 4.78 is 10.6. The topological polar surface area (TPSA) is 72.0 Å². The third kappa shape index (κ3) is 8.33. The number of benzene rings is 2. The summed E-state index contributed by atoms with van der Waals surface area (Å²) in [5.41, 5.74) is 3.97. The molecule has 2 N–H and O–H groups in total. The van der Waals surface area contributed by atoms with E-state index < -0.39 is 11.6 Å². The van der Waals surface area contributed by atoms with Crippen molar-refractivity contribution in [2.75, 3.05) is 11.9 Å². The van der Waals surface area contributed by atoms with E-state index in [9.17, 15) is 4.79 Å². The first-order valence-electron chi connectivity index (χ1n) is 8.42. The van der Waals surface area contributed by atoms with Gasteiger partial charge in [0.1, 0.15) is 11.4 Å². The molecule has 0 bridgehead atoms. The monoisotopic (exact) mass is 385 g/mol. The zero-order chi connectivity index (χ0) is 19.7. The normalized spacial score (nSPS) is 11.1. The van der Waals surface area contributed by atoms with Crippen LogP contribution in [0.3, 0.4) is 0 Å². The Morgan fingerprint density at radius 3 is 2.41 bits per heavy atom. The van der Waals surface area contributed by atoms with Crippen LogP contribution in [0.5, 0.6) is 5.75 Å². The molecule has 0 saturated carbocycles. The summed E-state index contributed by atoms with van der Waals surface area (Å²) in [5.74, 6) is 0.170. The van der Waals surface area contributed by atoms with Crippen molar-refractivity contribution in [3.63, 3.8) is 0 Å². The van der Waals surface area contributed by atoms with Crippen molar-refractivity contribution in [1.82, 2.24) is 5.43 Å². The summed E-state index contributed by atoms with van der Waals surface area (Å²) in [7, 11) is 0. The predicted molar refractivity (Wildman–Crippen MR) is 111 cm³/mol. The van der Waals surface area contributed by atoms with Gasteiger partial charge in [-0.3, -0.25) is 5.43 Å². The highest BCUT2D eigenvalue weighted by molar-refractivity contribution is 7.80. The Bertz CT molecular complexity index is 784. The lowest BCUT2D eigenvalue weighted by Crippen LogP contribution is -2.27. The number of esters is 1. The largest absolute Gasteiger partial charge is 0.482 e. The molecule has 0 aliphatic rings. The van der Waals surface area contributed by atoms with E-state index in [0.717, 1.165) is 11.3 Å². The van der Waals surface area contributed by atoms with E-state index in [1.165, 1.54) is 0 Å². The molecule has 0 saturated heterocycles. The summed E-state index contributed by atoms with van der Waals surface area (Å²) in [5, 5.41) is 7.51. The number of hydrazone groups is 1. The third-order valence-corrected chi connectivity index (χ3v) is 3.26. The van der Waals surface area contributed by atoms with Gasteiger partial charge in [0.15, 0.2) is 11.7 Å². The predicted octanol–water partition coefficient (Wildman–Crippen LogP) is 3.73. The van der Waals surface area contributed by atoms with Crippen LogP contribution in [0.4, 0.5) is 5.69 Å². The number of para-hydroxylation sites is 1. The number of nitrogens with one attached hydrogen (secondary N) is 2. The second kappa shape index (κ2) is 9.68. The molecule has 27 heavy (non-hydrogen) atoms. The highest BCUT2D eigenvalue weighted by atomic mass is 32.1. The Hall–Kier alpha value is -2.93. The van der Waals surface area contributed by atoms with Gasteiger partial charge < -0.3 is 14.8 Å². The highest BCUT2D eigenvalue weighted by Gasteiger charge is 2.16. The number of thiocarbonyl (C=S) groups is 1. The van der Waals surface area contributed by atoms with Gasteiger partial charge in [-0.05, 0) is 75.0 Å². The van der Waals surface area contributed by atoms with E-state index in [2.05, 4.69) is 15.8 Å². The molecule has 0 heterocycles. The molecule has 0 aliphatic carbocycles. The van der Waals surface area contributed by atoms with Crippen LogP contribution < -0.4 is 15.5 Å².